The van der Waals surface area contributed by atoms with E-state index in [4.69, 9.17) is 0 Å². The number of rotatable bonds is 7. The molecule has 11 heteroatoms. The topological polar surface area (TPSA) is 119 Å². The summed E-state index contributed by atoms with van der Waals surface area (Å²) in [5.41, 5.74) is 2.04. The molecule has 2 unspecified atom stereocenters. The predicted molar refractivity (Wildman–Crippen MR) is 124 cm³/mol. The number of benzene rings is 1. The minimum atomic E-state index is -1.32. The van der Waals surface area contributed by atoms with Gasteiger partial charge in [-0.2, -0.15) is 5.10 Å². The average molecular weight is 481 g/mol. The fourth-order valence-electron chi connectivity index (χ4n) is 3.48. The van der Waals surface area contributed by atoms with Gasteiger partial charge in [-0.1, -0.05) is 0 Å². The maximum atomic E-state index is 13.3. The second kappa shape index (κ2) is 9.87. The second-order valence-electron chi connectivity index (χ2n) is 7.44. The molecule has 0 spiro atoms. The lowest BCUT2D eigenvalue weighted by molar-refractivity contribution is -0.121. The van der Waals surface area contributed by atoms with Crippen LogP contribution in [-0.4, -0.2) is 49.1 Å². The van der Waals surface area contributed by atoms with Gasteiger partial charge in [0.15, 0.2) is 0 Å². The van der Waals surface area contributed by atoms with Crippen molar-refractivity contribution < 1.29 is 18.2 Å². The molecular weight excluding hydrogens is 459 g/mol. The van der Waals surface area contributed by atoms with Crippen molar-refractivity contribution in [2.75, 3.05) is 13.3 Å². The Morgan fingerprint density at radius 1 is 1.15 bits per heavy atom. The third kappa shape index (κ3) is 4.84. The van der Waals surface area contributed by atoms with Crippen LogP contribution in [-0.2, 0) is 15.6 Å². The van der Waals surface area contributed by atoms with Crippen molar-refractivity contribution in [3.05, 3.63) is 78.1 Å². The minimum absolute atomic E-state index is 0.0275. The van der Waals surface area contributed by atoms with Crippen molar-refractivity contribution in [3.8, 4) is 5.69 Å². The van der Waals surface area contributed by atoms with Gasteiger partial charge in [-0.3, -0.25) is 18.8 Å². The van der Waals surface area contributed by atoms with Crippen LogP contribution >= 0.6 is 0 Å². The first-order valence-corrected chi connectivity index (χ1v) is 11.8. The first-order chi connectivity index (χ1) is 16.4. The largest absolute Gasteiger partial charge is 0.359 e. The summed E-state index contributed by atoms with van der Waals surface area (Å²) in [6, 6.07) is 8.37. The Hall–Kier alpha value is -3.99. The number of hydrogen-bond acceptors (Lipinski definition) is 6. The van der Waals surface area contributed by atoms with E-state index in [1.807, 2.05) is 0 Å². The Bertz CT molecular complexity index is 1390. The molecule has 4 rings (SSSR count). The van der Waals surface area contributed by atoms with Crippen LogP contribution in [0.2, 0.25) is 0 Å². The van der Waals surface area contributed by atoms with E-state index < -0.39 is 22.7 Å². The van der Waals surface area contributed by atoms with E-state index in [-0.39, 0.29) is 23.7 Å². The number of carbonyl (C=O) groups is 2. The average Bonchev–Trinajstić information content (AvgIpc) is 3.28. The number of carbonyl (C=O) groups excluding carboxylic acids is 2. The van der Waals surface area contributed by atoms with Gasteiger partial charge in [-0.25, -0.2) is 14.1 Å². The summed E-state index contributed by atoms with van der Waals surface area (Å²) in [6.45, 7) is 0. The number of halogens is 1. The smallest absolute Gasteiger partial charge is 0.254 e. The summed E-state index contributed by atoms with van der Waals surface area (Å²) in [6.07, 6.45) is 7.49. The standard InChI is InChI=1S/C23H21FN6O3S/c1-25-21(31)10-19(14-7-8-27-22(9-14)34(2)33)29-23(32)18-11-26-13-20-17(18)12-28-30(20)16-5-3-15(24)4-6-16/h3-9,11-13,19H,10H2,1-2H3,(H,25,31)(H,29,32). The lowest BCUT2D eigenvalue weighted by Crippen LogP contribution is -2.33. The fourth-order valence-corrected chi connectivity index (χ4v) is 4.00. The zero-order valence-electron chi connectivity index (χ0n) is 18.4. The molecule has 0 aliphatic heterocycles. The summed E-state index contributed by atoms with van der Waals surface area (Å²) in [5.74, 6) is -1.10. The molecule has 4 aromatic rings. The first-order valence-electron chi connectivity index (χ1n) is 10.3. The van der Waals surface area contributed by atoms with E-state index in [9.17, 15) is 18.2 Å². The van der Waals surface area contributed by atoms with E-state index in [1.54, 1.807) is 35.1 Å². The van der Waals surface area contributed by atoms with Crippen LogP contribution in [0.15, 0.2) is 66.2 Å². The summed E-state index contributed by atoms with van der Waals surface area (Å²) >= 11 is 0. The molecule has 0 fully saturated rings. The lowest BCUT2D eigenvalue weighted by atomic mass is 10.0. The first kappa shape index (κ1) is 23.2. The third-order valence-corrected chi connectivity index (χ3v) is 6.05. The van der Waals surface area contributed by atoms with E-state index in [2.05, 4.69) is 25.7 Å². The number of nitrogens with zero attached hydrogens (tertiary/aromatic N) is 4. The predicted octanol–water partition coefficient (Wildman–Crippen LogP) is 2.30. The van der Waals surface area contributed by atoms with Crippen LogP contribution in [0.25, 0.3) is 16.6 Å². The maximum Gasteiger partial charge on any atom is 0.254 e. The number of amides is 2. The fraction of sp³-hybridized carbons (Fsp3) is 0.174. The van der Waals surface area contributed by atoms with E-state index in [1.165, 1.54) is 44.0 Å². The van der Waals surface area contributed by atoms with Crippen molar-refractivity contribution in [2.24, 2.45) is 0 Å². The number of fused-ring (bicyclic) bond motifs is 1. The van der Waals surface area contributed by atoms with Gasteiger partial charge >= 0.3 is 0 Å². The molecule has 3 heterocycles. The molecule has 0 aliphatic rings. The maximum absolute atomic E-state index is 13.3. The Morgan fingerprint density at radius 3 is 2.62 bits per heavy atom. The Balaban J connectivity index is 1.68. The lowest BCUT2D eigenvalue weighted by Gasteiger charge is -2.19. The summed E-state index contributed by atoms with van der Waals surface area (Å²) in [4.78, 5) is 33.7. The van der Waals surface area contributed by atoms with Crippen LogP contribution in [0.5, 0.6) is 0 Å². The molecule has 0 radical (unpaired) electrons. The van der Waals surface area contributed by atoms with Gasteiger partial charge in [0.25, 0.3) is 5.91 Å². The van der Waals surface area contributed by atoms with E-state index in [0.717, 1.165) is 0 Å². The minimum Gasteiger partial charge on any atom is -0.359 e. The molecular formula is C23H21FN6O3S. The van der Waals surface area contributed by atoms with Crippen molar-refractivity contribution in [3.63, 3.8) is 0 Å². The molecule has 9 nitrogen and oxygen atoms in total. The number of nitrogens with one attached hydrogen (secondary N) is 2. The summed E-state index contributed by atoms with van der Waals surface area (Å²) in [7, 11) is 0.185. The second-order valence-corrected chi connectivity index (χ2v) is 8.76. The van der Waals surface area contributed by atoms with Gasteiger partial charge in [0, 0.05) is 31.1 Å². The highest BCUT2D eigenvalue weighted by Gasteiger charge is 2.22. The summed E-state index contributed by atoms with van der Waals surface area (Å²) < 4.78 is 26.7. The Morgan fingerprint density at radius 2 is 1.91 bits per heavy atom. The molecule has 0 saturated heterocycles. The Labute approximate surface area is 196 Å². The quantitative estimate of drug-likeness (QED) is 0.419. The van der Waals surface area contributed by atoms with Crippen molar-refractivity contribution in [1.82, 2.24) is 30.4 Å². The van der Waals surface area contributed by atoms with Crippen molar-refractivity contribution in [1.29, 1.82) is 0 Å². The molecule has 0 bridgehead atoms. The number of hydrogen-bond donors (Lipinski definition) is 2. The van der Waals surface area contributed by atoms with Crippen LogP contribution in [0.3, 0.4) is 0 Å². The van der Waals surface area contributed by atoms with Gasteiger partial charge in [0.2, 0.25) is 5.91 Å². The third-order valence-electron chi connectivity index (χ3n) is 5.24. The van der Waals surface area contributed by atoms with Crippen LogP contribution in [0.4, 0.5) is 4.39 Å². The zero-order valence-corrected chi connectivity index (χ0v) is 19.2. The Kier molecular flexibility index (Phi) is 6.73. The number of aromatic nitrogens is 4. The molecule has 0 aliphatic carbocycles. The molecule has 0 saturated carbocycles. The van der Waals surface area contributed by atoms with E-state index >= 15 is 0 Å². The van der Waals surface area contributed by atoms with Crippen molar-refractivity contribution in [2.45, 2.75) is 17.5 Å². The normalized spacial score (nSPS) is 12.8. The highest BCUT2D eigenvalue weighted by atomic mass is 32.2. The number of pyridine rings is 2. The molecule has 3 aromatic heterocycles. The molecule has 1 aromatic carbocycles. The van der Waals surface area contributed by atoms with Gasteiger partial charge in [0.05, 0.1) is 52.4 Å². The summed E-state index contributed by atoms with van der Waals surface area (Å²) in [5, 5.41) is 10.7. The van der Waals surface area contributed by atoms with Crippen LogP contribution in [0, 0.1) is 5.82 Å². The van der Waals surface area contributed by atoms with Gasteiger partial charge < -0.3 is 10.6 Å². The van der Waals surface area contributed by atoms with Gasteiger partial charge in [0.1, 0.15) is 10.8 Å². The van der Waals surface area contributed by atoms with E-state index in [0.29, 0.717) is 27.2 Å². The molecule has 2 atom stereocenters. The zero-order chi connectivity index (χ0) is 24.2. The monoisotopic (exact) mass is 480 g/mol. The van der Waals surface area contributed by atoms with Crippen molar-refractivity contribution >= 4 is 33.5 Å². The van der Waals surface area contributed by atoms with Gasteiger partial charge in [-0.15, -0.1) is 0 Å². The molecule has 34 heavy (non-hydrogen) atoms. The molecule has 2 amide bonds. The van der Waals surface area contributed by atoms with Crippen LogP contribution < -0.4 is 10.6 Å². The molecule has 2 N–H and O–H groups in total. The van der Waals surface area contributed by atoms with Crippen LogP contribution in [0.1, 0.15) is 28.4 Å². The highest BCUT2D eigenvalue weighted by molar-refractivity contribution is 7.84. The SMILES string of the molecule is CNC(=O)CC(NC(=O)c1cncc2c1cnn2-c1ccc(F)cc1)c1ccnc(S(C)=O)c1. The highest BCUT2D eigenvalue weighted by Crippen LogP contribution is 2.23. The molecule has 174 valence electrons. The van der Waals surface area contributed by atoms with Gasteiger partial charge in [-0.05, 0) is 42.0 Å².